The van der Waals surface area contributed by atoms with E-state index in [1.165, 1.54) is 25.0 Å². The van der Waals surface area contributed by atoms with Crippen LogP contribution in [0.4, 0.5) is 4.39 Å². The Labute approximate surface area is 89.5 Å². The minimum Gasteiger partial charge on any atom is -0.207 e. The zero-order valence-corrected chi connectivity index (χ0v) is 8.67. The van der Waals surface area contributed by atoms with Crippen molar-refractivity contribution in [1.29, 1.82) is 5.26 Å². The first-order valence-electron chi connectivity index (χ1n) is 5.40. The SMILES string of the molecule is N#CCC1(c2ccc(F)cc2)CCCC1. The van der Waals surface area contributed by atoms with Gasteiger partial charge in [0.25, 0.3) is 0 Å². The van der Waals surface area contributed by atoms with Gasteiger partial charge in [0.15, 0.2) is 0 Å². The van der Waals surface area contributed by atoms with E-state index in [9.17, 15) is 4.39 Å². The molecule has 0 unspecified atom stereocenters. The Morgan fingerprint density at radius 3 is 2.33 bits per heavy atom. The molecular weight excluding hydrogens is 189 g/mol. The fraction of sp³-hybridized carbons (Fsp3) is 0.462. The number of benzene rings is 1. The van der Waals surface area contributed by atoms with Crippen LogP contribution in [-0.4, -0.2) is 0 Å². The number of nitriles is 1. The van der Waals surface area contributed by atoms with Gasteiger partial charge >= 0.3 is 0 Å². The van der Waals surface area contributed by atoms with E-state index >= 15 is 0 Å². The lowest BCUT2D eigenvalue weighted by atomic mass is 9.76. The second-order valence-corrected chi connectivity index (χ2v) is 4.33. The van der Waals surface area contributed by atoms with Crippen molar-refractivity contribution in [2.45, 2.75) is 37.5 Å². The largest absolute Gasteiger partial charge is 0.207 e. The van der Waals surface area contributed by atoms with Crippen molar-refractivity contribution in [1.82, 2.24) is 0 Å². The van der Waals surface area contributed by atoms with E-state index in [0.717, 1.165) is 18.4 Å². The molecule has 1 aliphatic carbocycles. The third kappa shape index (κ3) is 1.87. The van der Waals surface area contributed by atoms with Gasteiger partial charge in [-0.05, 0) is 30.5 Å². The summed E-state index contributed by atoms with van der Waals surface area (Å²) in [6, 6.07) is 8.92. The Morgan fingerprint density at radius 1 is 1.20 bits per heavy atom. The van der Waals surface area contributed by atoms with Crippen molar-refractivity contribution in [2.24, 2.45) is 0 Å². The van der Waals surface area contributed by atoms with E-state index in [1.807, 2.05) is 12.1 Å². The number of nitrogens with zero attached hydrogens (tertiary/aromatic N) is 1. The van der Waals surface area contributed by atoms with E-state index in [1.54, 1.807) is 0 Å². The first kappa shape index (κ1) is 10.2. The number of rotatable bonds is 2. The van der Waals surface area contributed by atoms with Crippen molar-refractivity contribution in [3.63, 3.8) is 0 Å². The summed E-state index contributed by atoms with van der Waals surface area (Å²) in [6.45, 7) is 0. The molecule has 0 spiro atoms. The molecule has 0 heterocycles. The molecular formula is C13H14FN. The van der Waals surface area contributed by atoms with Gasteiger partial charge in [-0.15, -0.1) is 0 Å². The quantitative estimate of drug-likeness (QED) is 0.721. The average molecular weight is 203 g/mol. The molecule has 1 fully saturated rings. The topological polar surface area (TPSA) is 23.8 Å². The van der Waals surface area contributed by atoms with Gasteiger partial charge in [-0.2, -0.15) is 5.26 Å². The van der Waals surface area contributed by atoms with Crippen LogP contribution in [0.1, 0.15) is 37.7 Å². The molecule has 1 nitrogen and oxygen atoms in total. The molecule has 0 amide bonds. The van der Waals surface area contributed by atoms with Crippen molar-refractivity contribution >= 4 is 0 Å². The summed E-state index contributed by atoms with van der Waals surface area (Å²) in [5.74, 6) is -0.205. The van der Waals surface area contributed by atoms with Gasteiger partial charge in [0.1, 0.15) is 5.82 Å². The summed E-state index contributed by atoms with van der Waals surface area (Å²) in [5.41, 5.74) is 1.13. The van der Waals surface area contributed by atoms with Crippen LogP contribution in [0.25, 0.3) is 0 Å². The molecule has 0 atom stereocenters. The lowest BCUT2D eigenvalue weighted by Crippen LogP contribution is -2.21. The highest BCUT2D eigenvalue weighted by Crippen LogP contribution is 2.43. The van der Waals surface area contributed by atoms with Crippen LogP contribution in [0.2, 0.25) is 0 Å². The highest BCUT2D eigenvalue weighted by atomic mass is 19.1. The Balaban J connectivity index is 2.33. The first-order chi connectivity index (χ1) is 7.27. The van der Waals surface area contributed by atoms with Gasteiger partial charge in [0, 0.05) is 11.8 Å². The van der Waals surface area contributed by atoms with Crippen LogP contribution in [0, 0.1) is 17.1 Å². The summed E-state index contributed by atoms with van der Waals surface area (Å²) >= 11 is 0. The van der Waals surface area contributed by atoms with E-state index < -0.39 is 0 Å². The van der Waals surface area contributed by atoms with Gasteiger partial charge in [-0.25, -0.2) is 4.39 Å². The molecule has 1 saturated carbocycles. The van der Waals surface area contributed by atoms with Crippen LogP contribution >= 0.6 is 0 Å². The molecule has 78 valence electrons. The standard InChI is InChI=1S/C13H14FN/c14-12-5-3-11(4-6-12)13(9-10-15)7-1-2-8-13/h3-6H,1-2,7-9H2. The highest BCUT2D eigenvalue weighted by molar-refractivity contribution is 5.28. The first-order valence-corrected chi connectivity index (χ1v) is 5.40. The molecule has 0 aliphatic heterocycles. The van der Waals surface area contributed by atoms with E-state index in [4.69, 9.17) is 5.26 Å². The molecule has 2 rings (SSSR count). The molecule has 1 aromatic rings. The summed E-state index contributed by atoms with van der Waals surface area (Å²) < 4.78 is 12.8. The third-order valence-electron chi connectivity index (χ3n) is 3.43. The van der Waals surface area contributed by atoms with Crippen molar-refractivity contribution in [2.75, 3.05) is 0 Å². The maximum Gasteiger partial charge on any atom is 0.123 e. The van der Waals surface area contributed by atoms with Crippen LogP contribution in [-0.2, 0) is 5.41 Å². The lowest BCUT2D eigenvalue weighted by molar-refractivity contribution is 0.450. The van der Waals surface area contributed by atoms with Crippen LogP contribution < -0.4 is 0 Å². The molecule has 0 radical (unpaired) electrons. The number of halogens is 1. The predicted molar refractivity (Wildman–Crippen MR) is 56.8 cm³/mol. The minimum atomic E-state index is -0.205. The monoisotopic (exact) mass is 203 g/mol. The zero-order valence-electron chi connectivity index (χ0n) is 8.67. The third-order valence-corrected chi connectivity index (χ3v) is 3.43. The molecule has 2 heteroatoms. The molecule has 0 N–H and O–H groups in total. The minimum absolute atomic E-state index is 0.00243. The van der Waals surface area contributed by atoms with Crippen molar-refractivity contribution in [3.05, 3.63) is 35.6 Å². The Kier molecular flexibility index (Phi) is 2.73. The maximum atomic E-state index is 12.8. The van der Waals surface area contributed by atoms with Crippen LogP contribution in [0.15, 0.2) is 24.3 Å². The van der Waals surface area contributed by atoms with Gasteiger partial charge in [0.2, 0.25) is 0 Å². The Hall–Kier alpha value is -1.36. The summed E-state index contributed by atoms with van der Waals surface area (Å²) in [6.07, 6.45) is 5.04. The van der Waals surface area contributed by atoms with E-state index in [0.29, 0.717) is 6.42 Å². The molecule has 0 aromatic heterocycles. The van der Waals surface area contributed by atoms with Crippen molar-refractivity contribution < 1.29 is 4.39 Å². The maximum absolute atomic E-state index is 12.8. The van der Waals surface area contributed by atoms with Crippen molar-refractivity contribution in [3.8, 4) is 6.07 Å². The smallest absolute Gasteiger partial charge is 0.123 e. The Morgan fingerprint density at radius 2 is 1.80 bits per heavy atom. The number of hydrogen-bond donors (Lipinski definition) is 0. The van der Waals surface area contributed by atoms with Gasteiger partial charge < -0.3 is 0 Å². The van der Waals surface area contributed by atoms with Gasteiger partial charge in [-0.3, -0.25) is 0 Å². The highest BCUT2D eigenvalue weighted by Gasteiger charge is 2.35. The number of hydrogen-bond acceptors (Lipinski definition) is 1. The Bertz CT molecular complexity index is 369. The zero-order chi connectivity index (χ0) is 10.7. The fourth-order valence-corrected chi connectivity index (χ4v) is 2.57. The summed E-state index contributed by atoms with van der Waals surface area (Å²) in [7, 11) is 0. The van der Waals surface area contributed by atoms with E-state index in [-0.39, 0.29) is 11.2 Å². The fourth-order valence-electron chi connectivity index (χ4n) is 2.57. The second-order valence-electron chi connectivity index (χ2n) is 4.33. The van der Waals surface area contributed by atoms with E-state index in [2.05, 4.69) is 6.07 Å². The summed E-state index contributed by atoms with van der Waals surface area (Å²) in [5, 5.41) is 8.88. The molecule has 1 aliphatic rings. The lowest BCUT2D eigenvalue weighted by Gasteiger charge is -2.26. The van der Waals surface area contributed by atoms with Gasteiger partial charge in [0.05, 0.1) is 6.07 Å². The van der Waals surface area contributed by atoms with Crippen LogP contribution in [0.3, 0.4) is 0 Å². The molecule has 0 saturated heterocycles. The average Bonchev–Trinajstić information content (AvgIpc) is 2.69. The predicted octanol–water partition coefficient (Wildman–Crippen LogP) is 3.55. The molecule has 1 aromatic carbocycles. The normalized spacial score (nSPS) is 18.7. The molecule has 15 heavy (non-hydrogen) atoms. The summed E-state index contributed by atoms with van der Waals surface area (Å²) in [4.78, 5) is 0. The van der Waals surface area contributed by atoms with Crippen LogP contribution in [0.5, 0.6) is 0 Å². The second kappa shape index (κ2) is 4.02. The molecule has 0 bridgehead atoms. The van der Waals surface area contributed by atoms with Gasteiger partial charge in [-0.1, -0.05) is 25.0 Å².